The average molecular weight is 254 g/mol. The minimum atomic E-state index is 0.131. The smallest absolute Gasteiger partial charge is 0.248 e. The lowest BCUT2D eigenvalue weighted by Gasteiger charge is -2.32. The number of hydrogen-bond donors (Lipinski definition) is 1. The van der Waals surface area contributed by atoms with Crippen LogP contribution in [-0.4, -0.2) is 49.2 Å². The van der Waals surface area contributed by atoms with E-state index in [0.29, 0.717) is 6.04 Å². The number of rotatable bonds is 6. The highest BCUT2D eigenvalue weighted by Gasteiger charge is 2.25. The van der Waals surface area contributed by atoms with E-state index in [2.05, 4.69) is 5.32 Å². The van der Waals surface area contributed by atoms with E-state index in [0.717, 1.165) is 31.8 Å². The van der Waals surface area contributed by atoms with Crippen LogP contribution in [0.15, 0.2) is 0 Å². The zero-order valence-corrected chi connectivity index (χ0v) is 11.7. The summed E-state index contributed by atoms with van der Waals surface area (Å²) in [6, 6.07) is 0.612. The fraction of sp³-hybridized carbons (Fsp3) is 0.929. The molecule has 2 fully saturated rings. The van der Waals surface area contributed by atoms with Gasteiger partial charge in [0.15, 0.2) is 0 Å². The lowest BCUT2D eigenvalue weighted by Crippen LogP contribution is -2.46. The number of amides is 1. The van der Waals surface area contributed by atoms with Gasteiger partial charge in [0.2, 0.25) is 5.91 Å². The van der Waals surface area contributed by atoms with Gasteiger partial charge >= 0.3 is 0 Å². The van der Waals surface area contributed by atoms with Crippen LogP contribution in [0.25, 0.3) is 0 Å². The first-order valence-electron chi connectivity index (χ1n) is 7.28. The second kappa shape index (κ2) is 6.53. The summed E-state index contributed by atoms with van der Waals surface area (Å²) >= 11 is 0. The number of likely N-dealkylation sites (tertiary alicyclic amines) is 1. The quantitative estimate of drug-likeness (QED) is 0.779. The van der Waals surface area contributed by atoms with Crippen molar-refractivity contribution in [2.75, 3.05) is 26.2 Å². The minimum Gasteiger partial charge on any atom is -0.369 e. The number of nitrogens with one attached hydrogen (secondary N) is 1. The molecule has 0 bridgehead atoms. The second-order valence-corrected chi connectivity index (χ2v) is 5.87. The van der Waals surface area contributed by atoms with E-state index in [1.165, 1.54) is 19.4 Å². The molecule has 0 aromatic carbocycles. The highest BCUT2D eigenvalue weighted by Crippen LogP contribution is 2.28. The summed E-state index contributed by atoms with van der Waals surface area (Å²) < 4.78 is 5.36. The molecule has 2 rings (SSSR count). The van der Waals surface area contributed by atoms with E-state index in [1.807, 2.05) is 18.7 Å². The molecule has 4 heteroatoms. The number of hydrogen-bond acceptors (Lipinski definition) is 3. The van der Waals surface area contributed by atoms with Crippen LogP contribution in [0.5, 0.6) is 0 Å². The Bertz CT molecular complexity index is 269. The van der Waals surface area contributed by atoms with E-state index in [1.54, 1.807) is 0 Å². The predicted octanol–water partition coefficient (Wildman–Crippen LogP) is 1.40. The van der Waals surface area contributed by atoms with Gasteiger partial charge in [-0.2, -0.15) is 0 Å². The van der Waals surface area contributed by atoms with Crippen molar-refractivity contribution in [1.29, 1.82) is 0 Å². The number of carbonyl (C=O) groups excluding carboxylic acids is 1. The van der Waals surface area contributed by atoms with Crippen LogP contribution in [-0.2, 0) is 9.53 Å². The fourth-order valence-corrected chi connectivity index (χ4v) is 2.32. The van der Waals surface area contributed by atoms with Crippen LogP contribution in [0.4, 0.5) is 0 Å². The Balaban J connectivity index is 1.60. The molecule has 1 saturated carbocycles. The van der Waals surface area contributed by atoms with Crippen molar-refractivity contribution < 1.29 is 9.53 Å². The highest BCUT2D eigenvalue weighted by atomic mass is 16.5. The van der Waals surface area contributed by atoms with Crippen molar-refractivity contribution in [2.45, 2.75) is 51.7 Å². The number of ether oxygens (including phenoxy) is 1. The molecule has 0 unspecified atom stereocenters. The van der Waals surface area contributed by atoms with Crippen molar-refractivity contribution >= 4 is 5.91 Å². The van der Waals surface area contributed by atoms with Crippen molar-refractivity contribution in [2.24, 2.45) is 5.92 Å². The van der Waals surface area contributed by atoms with Gasteiger partial charge in [-0.25, -0.2) is 0 Å². The van der Waals surface area contributed by atoms with E-state index in [4.69, 9.17) is 4.74 Å². The Hall–Kier alpha value is -0.610. The van der Waals surface area contributed by atoms with Crippen molar-refractivity contribution in [3.63, 3.8) is 0 Å². The fourth-order valence-electron chi connectivity index (χ4n) is 2.32. The molecule has 1 aliphatic carbocycles. The van der Waals surface area contributed by atoms with Crippen LogP contribution in [0.2, 0.25) is 0 Å². The maximum absolute atomic E-state index is 11.9. The van der Waals surface area contributed by atoms with Crippen LogP contribution in [0, 0.1) is 5.92 Å². The lowest BCUT2D eigenvalue weighted by atomic mass is 10.0. The molecule has 0 aromatic rings. The zero-order chi connectivity index (χ0) is 13.0. The maximum Gasteiger partial charge on any atom is 0.248 e. The Morgan fingerprint density at radius 1 is 1.28 bits per heavy atom. The molecule has 1 saturated heterocycles. The molecule has 0 spiro atoms. The number of nitrogens with zero attached hydrogens (tertiary/aromatic N) is 1. The largest absolute Gasteiger partial charge is 0.369 e. The van der Waals surface area contributed by atoms with Crippen molar-refractivity contribution in [3.05, 3.63) is 0 Å². The van der Waals surface area contributed by atoms with Crippen LogP contribution in [0.3, 0.4) is 0 Å². The minimum absolute atomic E-state index is 0.131. The first kappa shape index (κ1) is 13.8. The van der Waals surface area contributed by atoms with Gasteiger partial charge in [-0.15, -0.1) is 0 Å². The molecular weight excluding hydrogens is 228 g/mol. The first-order chi connectivity index (χ1) is 8.65. The first-order valence-corrected chi connectivity index (χ1v) is 7.28. The van der Waals surface area contributed by atoms with Crippen LogP contribution < -0.4 is 5.32 Å². The molecule has 2 aliphatic rings. The zero-order valence-electron chi connectivity index (χ0n) is 11.7. The molecule has 1 N–H and O–H groups in total. The van der Waals surface area contributed by atoms with Gasteiger partial charge in [0.1, 0.15) is 6.61 Å². The van der Waals surface area contributed by atoms with Crippen molar-refractivity contribution in [1.82, 2.24) is 10.2 Å². The lowest BCUT2D eigenvalue weighted by molar-refractivity contribution is -0.138. The maximum atomic E-state index is 11.9. The summed E-state index contributed by atoms with van der Waals surface area (Å²) in [5, 5.41) is 3.62. The van der Waals surface area contributed by atoms with Gasteiger partial charge in [0.25, 0.3) is 0 Å². The Kier molecular flexibility index (Phi) is 5.01. The molecule has 1 aliphatic heterocycles. The summed E-state index contributed by atoms with van der Waals surface area (Å²) in [6.07, 6.45) is 5.10. The molecule has 0 radical (unpaired) electrons. The summed E-state index contributed by atoms with van der Waals surface area (Å²) in [7, 11) is 0. The summed E-state index contributed by atoms with van der Waals surface area (Å²) in [6.45, 7) is 7.08. The summed E-state index contributed by atoms with van der Waals surface area (Å²) in [4.78, 5) is 13.8. The van der Waals surface area contributed by atoms with Crippen LogP contribution >= 0.6 is 0 Å². The third-order valence-corrected chi connectivity index (χ3v) is 3.78. The Morgan fingerprint density at radius 2 is 1.94 bits per heavy atom. The Morgan fingerprint density at radius 3 is 2.50 bits per heavy atom. The van der Waals surface area contributed by atoms with E-state index in [-0.39, 0.29) is 18.6 Å². The monoisotopic (exact) mass is 254 g/mol. The van der Waals surface area contributed by atoms with Gasteiger partial charge in [-0.3, -0.25) is 4.79 Å². The van der Waals surface area contributed by atoms with Gasteiger partial charge in [0, 0.05) is 19.1 Å². The topological polar surface area (TPSA) is 41.6 Å². The SMILES string of the molecule is CC(C)OCC(=O)N1CCC(NCC2CC2)CC1. The van der Waals surface area contributed by atoms with E-state index < -0.39 is 0 Å². The van der Waals surface area contributed by atoms with Gasteiger partial charge in [-0.05, 0) is 52.0 Å². The van der Waals surface area contributed by atoms with Gasteiger partial charge in [0.05, 0.1) is 6.10 Å². The third kappa shape index (κ3) is 4.58. The van der Waals surface area contributed by atoms with Crippen molar-refractivity contribution in [3.8, 4) is 0 Å². The average Bonchev–Trinajstić information content (AvgIpc) is 3.18. The molecular formula is C14H26N2O2. The third-order valence-electron chi connectivity index (χ3n) is 3.78. The standard InChI is InChI=1S/C14H26N2O2/c1-11(2)18-10-14(17)16-7-5-13(6-8-16)15-9-12-3-4-12/h11-13,15H,3-10H2,1-2H3. The molecule has 1 heterocycles. The predicted molar refractivity (Wildman–Crippen MR) is 71.4 cm³/mol. The molecule has 104 valence electrons. The number of piperidine rings is 1. The highest BCUT2D eigenvalue weighted by molar-refractivity contribution is 5.77. The van der Waals surface area contributed by atoms with Gasteiger partial charge < -0.3 is 15.0 Å². The molecule has 0 aromatic heterocycles. The summed E-state index contributed by atoms with van der Waals surface area (Å²) in [5.74, 6) is 1.08. The molecule has 1 amide bonds. The molecule has 4 nitrogen and oxygen atoms in total. The van der Waals surface area contributed by atoms with Crippen LogP contribution in [0.1, 0.15) is 39.5 Å². The van der Waals surface area contributed by atoms with E-state index >= 15 is 0 Å². The molecule has 18 heavy (non-hydrogen) atoms. The summed E-state index contributed by atoms with van der Waals surface area (Å²) in [5.41, 5.74) is 0. The van der Waals surface area contributed by atoms with Gasteiger partial charge in [-0.1, -0.05) is 0 Å². The van der Waals surface area contributed by atoms with E-state index in [9.17, 15) is 4.79 Å². The molecule has 0 atom stereocenters. The second-order valence-electron chi connectivity index (χ2n) is 5.87. The normalized spacial score (nSPS) is 21.6. The number of carbonyl (C=O) groups is 1. The Labute approximate surface area is 110 Å².